The van der Waals surface area contributed by atoms with E-state index in [1.165, 1.54) is 62.7 Å². The van der Waals surface area contributed by atoms with Crippen molar-refractivity contribution < 1.29 is 17.6 Å². The van der Waals surface area contributed by atoms with Crippen molar-refractivity contribution in [3.8, 4) is 0 Å². The Labute approximate surface area is 347 Å². The first-order chi connectivity index (χ1) is 28.0. The summed E-state index contributed by atoms with van der Waals surface area (Å²) in [7, 11) is 4.28. The van der Waals surface area contributed by atoms with Gasteiger partial charge in [-0.2, -0.15) is 0 Å². The molecule has 1 unspecified atom stereocenters. The summed E-state index contributed by atoms with van der Waals surface area (Å²) in [5.74, 6) is -2.15. The predicted octanol–water partition coefficient (Wildman–Crippen LogP) is 12.2. The molecule has 2 aliphatic rings. The molecule has 0 bridgehead atoms. The van der Waals surface area contributed by atoms with Gasteiger partial charge >= 0.3 is 0 Å². The van der Waals surface area contributed by atoms with Crippen molar-refractivity contribution in [3.05, 3.63) is 98.9 Å². The average molecular weight is 859 g/mol. The van der Waals surface area contributed by atoms with E-state index in [0.29, 0.717) is 38.8 Å². The molecule has 6 aromatic heterocycles. The van der Waals surface area contributed by atoms with Crippen molar-refractivity contribution in [1.29, 1.82) is 0 Å². The van der Waals surface area contributed by atoms with Crippen LogP contribution in [0.25, 0.3) is 46.4 Å². The summed E-state index contributed by atoms with van der Waals surface area (Å²) in [4.78, 5) is 25.8. The highest BCUT2D eigenvalue weighted by Gasteiger charge is 2.29. The van der Waals surface area contributed by atoms with E-state index >= 15 is 0 Å². The van der Waals surface area contributed by atoms with Crippen LogP contribution in [0.3, 0.4) is 0 Å². The molecule has 1 fully saturated rings. The highest BCUT2D eigenvalue weighted by molar-refractivity contribution is 7.20. The number of piperidine rings is 1. The molecule has 1 saturated heterocycles. The number of hydrogen-bond acceptors (Lipinski definition) is 12. The zero-order valence-corrected chi connectivity index (χ0v) is 35.2. The second-order valence-corrected chi connectivity index (χ2v) is 18.6. The summed E-state index contributed by atoms with van der Waals surface area (Å²) in [6, 6.07) is 11.1. The number of thiazole rings is 2. The minimum Gasteiger partial charge on any atom is -0.350 e. The normalized spacial score (nSPS) is 19.2. The van der Waals surface area contributed by atoms with Gasteiger partial charge < -0.3 is 15.5 Å². The molecule has 0 saturated carbocycles. The van der Waals surface area contributed by atoms with Gasteiger partial charge in [0.2, 0.25) is 0 Å². The van der Waals surface area contributed by atoms with E-state index in [0.717, 1.165) is 51.2 Å². The van der Waals surface area contributed by atoms with Gasteiger partial charge in [0.25, 0.3) is 0 Å². The monoisotopic (exact) mass is 858 g/mol. The van der Waals surface area contributed by atoms with Gasteiger partial charge in [-0.3, -0.25) is 4.90 Å². The first-order valence-corrected chi connectivity index (χ1v) is 22.3. The fraction of sp³-hybridized carbons (Fsp3) is 0.286. The number of anilines is 4. The molecule has 8 heterocycles. The van der Waals surface area contributed by atoms with Gasteiger partial charge in [0.15, 0.2) is 23.3 Å². The van der Waals surface area contributed by atoms with Crippen LogP contribution in [0.1, 0.15) is 48.8 Å². The number of fused-ring (bicyclic) bond motifs is 4. The number of hydrogen-bond donors (Lipinski definition) is 2. The van der Waals surface area contributed by atoms with Gasteiger partial charge in [0, 0.05) is 57.5 Å². The molecule has 0 radical (unpaired) electrons. The average Bonchev–Trinajstić information content (AvgIpc) is 4.04. The van der Waals surface area contributed by atoms with E-state index in [1.54, 1.807) is 47.2 Å². The first kappa shape index (κ1) is 38.9. The molecule has 58 heavy (non-hydrogen) atoms. The zero-order chi connectivity index (χ0) is 40.2. The Balaban J connectivity index is 0.000000150. The summed E-state index contributed by atoms with van der Waals surface area (Å²) >= 11 is 5.71. The number of rotatable bonds is 6. The van der Waals surface area contributed by atoms with Gasteiger partial charge in [0.1, 0.15) is 32.1 Å². The number of nitrogens with zero attached hydrogens (tertiary/aromatic N) is 6. The van der Waals surface area contributed by atoms with Crippen molar-refractivity contribution in [2.45, 2.75) is 51.1 Å². The van der Waals surface area contributed by atoms with Crippen LogP contribution in [0.4, 0.5) is 40.3 Å². The third-order valence-corrected chi connectivity index (χ3v) is 15.2. The third-order valence-electron chi connectivity index (χ3n) is 11.4. The Kier molecular flexibility index (Phi) is 10.7. The number of halogens is 4. The highest BCUT2D eigenvalue weighted by atomic mass is 32.1. The Bertz CT molecular complexity index is 2850. The van der Waals surface area contributed by atoms with Crippen LogP contribution in [0.5, 0.6) is 0 Å². The van der Waals surface area contributed by atoms with Crippen LogP contribution in [-0.4, -0.2) is 69.0 Å². The molecular formula is C42H38F4N8S4. The molecule has 3 atom stereocenters. The molecule has 8 nitrogen and oxygen atoms in total. The standard InChI is InChI=1S/C21H20F2N4S2.C21H18F2N4S2/c2*1-11-12(4-3-7-27(11)2)16-8-13-15(5-6-24-21(13)29-16)26-19-14(22)9-17-20(18(19)23)25-10-28-17/h5-6,8-12H,3-4,7H2,1-2H3,(H,24,26);4-6,8-11H,3,7H2,1-2H3,(H,24,26)/t11-,12?;11-/m00/s1. The lowest BCUT2D eigenvalue weighted by molar-refractivity contribution is 0.176. The second kappa shape index (κ2) is 15.9. The molecular weight excluding hydrogens is 821 g/mol. The number of benzene rings is 2. The van der Waals surface area contributed by atoms with E-state index in [2.05, 4.69) is 86.5 Å². The van der Waals surface area contributed by atoms with Crippen LogP contribution < -0.4 is 10.6 Å². The largest absolute Gasteiger partial charge is 0.350 e. The van der Waals surface area contributed by atoms with Gasteiger partial charge in [-0.1, -0.05) is 6.08 Å². The van der Waals surface area contributed by atoms with Gasteiger partial charge in [-0.05, 0) is 95.7 Å². The number of nitrogens with one attached hydrogen (secondary N) is 2. The second-order valence-electron chi connectivity index (χ2n) is 14.7. The zero-order valence-electron chi connectivity index (χ0n) is 31.9. The molecule has 16 heteroatoms. The fourth-order valence-electron chi connectivity index (χ4n) is 7.83. The van der Waals surface area contributed by atoms with Gasteiger partial charge in [0.05, 0.1) is 31.8 Å². The topological polar surface area (TPSA) is 82.1 Å². The van der Waals surface area contributed by atoms with Crippen LogP contribution in [0, 0.1) is 23.3 Å². The quantitative estimate of drug-likeness (QED) is 0.160. The minimum absolute atomic E-state index is 0.172. The van der Waals surface area contributed by atoms with E-state index in [1.807, 2.05) is 0 Å². The molecule has 2 N–H and O–H groups in total. The SMILES string of the molecule is C[C@H]1C(c2cc3c(Nc4c(F)cc5scnc5c4F)ccnc3s2)=CCCN1C.C[C@H]1C(c2cc3c(Nc4c(F)cc5scnc5c4F)ccnc3s2)CCCN1C. The summed E-state index contributed by atoms with van der Waals surface area (Å²) < 4.78 is 59.9. The van der Waals surface area contributed by atoms with Crippen molar-refractivity contribution >= 4 is 115 Å². The third kappa shape index (κ3) is 7.13. The van der Waals surface area contributed by atoms with E-state index in [9.17, 15) is 17.6 Å². The lowest BCUT2D eigenvalue weighted by Gasteiger charge is -2.36. The number of pyridine rings is 2. The number of likely N-dealkylation sites (tertiary alicyclic amines) is 1. The number of likely N-dealkylation sites (N-methyl/N-ethyl adjacent to an activating group) is 2. The molecule has 8 aromatic rings. The Hall–Kier alpha value is -4.58. The van der Waals surface area contributed by atoms with E-state index in [4.69, 9.17) is 0 Å². The molecule has 2 aliphatic heterocycles. The van der Waals surface area contributed by atoms with Crippen LogP contribution in [-0.2, 0) is 0 Å². The molecule has 0 aliphatic carbocycles. The summed E-state index contributed by atoms with van der Waals surface area (Å²) in [6.07, 6.45) is 8.93. The predicted molar refractivity (Wildman–Crippen MR) is 234 cm³/mol. The minimum atomic E-state index is -0.674. The number of thiophene rings is 2. The molecule has 0 spiro atoms. The summed E-state index contributed by atoms with van der Waals surface area (Å²) in [6.45, 7) is 6.61. The van der Waals surface area contributed by atoms with Crippen LogP contribution >= 0.6 is 45.3 Å². The van der Waals surface area contributed by atoms with Gasteiger partial charge in [-0.15, -0.1) is 45.3 Å². The van der Waals surface area contributed by atoms with Crippen molar-refractivity contribution in [2.24, 2.45) is 0 Å². The number of aromatic nitrogens is 4. The van der Waals surface area contributed by atoms with Crippen molar-refractivity contribution in [3.63, 3.8) is 0 Å². The van der Waals surface area contributed by atoms with Gasteiger partial charge in [-0.25, -0.2) is 37.5 Å². The Morgan fingerprint density at radius 2 is 1.29 bits per heavy atom. The van der Waals surface area contributed by atoms with E-state index in [-0.39, 0.29) is 22.4 Å². The fourth-order valence-corrected chi connectivity index (χ4v) is 11.6. The van der Waals surface area contributed by atoms with Crippen LogP contribution in [0.2, 0.25) is 0 Å². The summed E-state index contributed by atoms with van der Waals surface area (Å²) in [5.41, 5.74) is 5.60. The first-order valence-electron chi connectivity index (χ1n) is 18.9. The van der Waals surface area contributed by atoms with E-state index < -0.39 is 23.3 Å². The van der Waals surface area contributed by atoms with Crippen molar-refractivity contribution in [1.82, 2.24) is 29.7 Å². The maximum Gasteiger partial charge on any atom is 0.176 e. The van der Waals surface area contributed by atoms with Crippen LogP contribution in [0.15, 0.2) is 65.9 Å². The smallest absolute Gasteiger partial charge is 0.176 e. The molecule has 0 amide bonds. The summed E-state index contributed by atoms with van der Waals surface area (Å²) in [5, 5.41) is 7.67. The Morgan fingerprint density at radius 1 is 0.707 bits per heavy atom. The maximum atomic E-state index is 14.9. The lowest BCUT2D eigenvalue weighted by Crippen LogP contribution is -2.38. The maximum absolute atomic E-state index is 14.9. The molecule has 2 aromatic carbocycles. The molecule has 10 rings (SSSR count). The lowest BCUT2D eigenvalue weighted by atomic mass is 9.89. The Morgan fingerprint density at radius 3 is 1.91 bits per heavy atom. The molecule has 298 valence electrons. The van der Waals surface area contributed by atoms with Crippen molar-refractivity contribution in [2.75, 3.05) is 37.8 Å². The highest BCUT2D eigenvalue weighted by Crippen LogP contribution is 2.42.